The Balaban J connectivity index is 2.49. The molecule has 1 unspecified atom stereocenters. The Morgan fingerprint density at radius 3 is 1.84 bits per heavy atom. The quantitative estimate of drug-likeness (QED) is 0.179. The summed E-state index contributed by atoms with van der Waals surface area (Å²) < 4.78 is 33.8. The first-order chi connectivity index (χ1) is 17.2. The first-order valence-corrected chi connectivity index (χ1v) is 13.0. The van der Waals surface area contributed by atoms with E-state index in [2.05, 4.69) is 20.5 Å². The van der Waals surface area contributed by atoms with E-state index in [4.69, 9.17) is 14.2 Å². The van der Waals surface area contributed by atoms with Crippen molar-refractivity contribution in [3.8, 4) is 0 Å². The average molecular weight is 647 g/mol. The predicted molar refractivity (Wildman–Crippen MR) is 143 cm³/mol. The Morgan fingerprint density at radius 2 is 1.39 bits per heavy atom. The van der Waals surface area contributed by atoms with Crippen molar-refractivity contribution in [2.45, 2.75) is 104 Å². The predicted octanol–water partition coefficient (Wildman–Crippen LogP) is 3.98. The van der Waals surface area contributed by atoms with Gasteiger partial charge in [-0.05, 0) is 97.0 Å². The van der Waals surface area contributed by atoms with Gasteiger partial charge in [0.1, 0.15) is 26.7 Å². The van der Waals surface area contributed by atoms with E-state index >= 15 is 4.39 Å². The van der Waals surface area contributed by atoms with Gasteiger partial charge in [0.2, 0.25) is 5.41 Å². The van der Waals surface area contributed by atoms with E-state index < -0.39 is 59.3 Å². The zero-order valence-corrected chi connectivity index (χ0v) is 25.3. The van der Waals surface area contributed by atoms with Crippen LogP contribution in [0.25, 0.3) is 0 Å². The Hall–Kier alpha value is -2.71. The molecule has 2 aromatic heterocycles. The van der Waals surface area contributed by atoms with Crippen molar-refractivity contribution in [1.82, 2.24) is 25.2 Å². The van der Waals surface area contributed by atoms with Crippen LogP contribution >= 0.6 is 22.6 Å². The number of hydrogen-bond donors (Lipinski definition) is 0. The number of carbonyl (C=O) groups excluding carboxylic acids is 3. The van der Waals surface area contributed by atoms with Gasteiger partial charge < -0.3 is 14.2 Å². The first kappa shape index (κ1) is 31.5. The monoisotopic (exact) mass is 647 g/mol. The number of hydrogen-bond acceptors (Lipinski definition) is 10. The van der Waals surface area contributed by atoms with E-state index in [1.54, 1.807) is 68.4 Å². The maximum atomic E-state index is 15.7. The molecule has 0 saturated carbocycles. The molecule has 13 heteroatoms. The summed E-state index contributed by atoms with van der Waals surface area (Å²) in [4.78, 5) is 39.6. The van der Waals surface area contributed by atoms with Crippen molar-refractivity contribution in [3.05, 3.63) is 33.4 Å². The second-order valence-corrected chi connectivity index (χ2v) is 12.9. The Bertz CT molecular complexity index is 1120. The van der Waals surface area contributed by atoms with Gasteiger partial charge in [-0.1, -0.05) is 5.21 Å². The highest BCUT2D eigenvalue weighted by Crippen LogP contribution is 2.36. The van der Waals surface area contributed by atoms with E-state index in [0.717, 1.165) is 4.68 Å². The number of aromatic nitrogens is 5. The van der Waals surface area contributed by atoms with E-state index in [1.807, 2.05) is 22.6 Å². The molecule has 2 rings (SSSR count). The fourth-order valence-electron chi connectivity index (χ4n) is 3.25. The Morgan fingerprint density at radius 1 is 0.868 bits per heavy atom. The summed E-state index contributed by atoms with van der Waals surface area (Å²) >= 11 is 1.92. The molecular formula is C25H35FIN5O6. The van der Waals surface area contributed by atoms with Crippen LogP contribution in [0.4, 0.5) is 4.39 Å². The molecule has 1 atom stereocenters. The minimum atomic E-state index is -2.27. The van der Waals surface area contributed by atoms with Crippen LogP contribution in [-0.4, -0.2) is 66.1 Å². The van der Waals surface area contributed by atoms with Crippen LogP contribution < -0.4 is 0 Å². The summed E-state index contributed by atoms with van der Waals surface area (Å²) in [6.07, 6.45) is -1.30. The van der Waals surface area contributed by atoms with Crippen LogP contribution in [0.2, 0.25) is 0 Å². The van der Waals surface area contributed by atoms with Gasteiger partial charge in [-0.15, -0.1) is 10.2 Å². The molecule has 2 heterocycles. The van der Waals surface area contributed by atoms with Gasteiger partial charge >= 0.3 is 17.9 Å². The SMILES string of the molecule is CC(C)(C)OC(=O)c1cn(CC(F)CC(C(=O)OC(C)(C)C)(C(=O)OC(C)(C)C)c2ccc(I)nn2)nn1. The number of carbonyl (C=O) groups is 3. The average Bonchev–Trinajstić information content (AvgIpc) is 3.17. The molecule has 0 aliphatic rings. The summed E-state index contributed by atoms with van der Waals surface area (Å²) in [7, 11) is 0. The van der Waals surface area contributed by atoms with Gasteiger partial charge in [0.05, 0.1) is 18.4 Å². The standard InChI is InChI=1S/C25H35FIN5O6/c1-22(2,3)36-19(33)16-14-32(31-28-16)13-15(26)12-25(20(34)37-23(4,5)6,21(35)38-24(7,8)9)17-10-11-18(27)30-29-17/h10-11,14-15H,12-13H2,1-9H3. The van der Waals surface area contributed by atoms with Crippen LogP contribution in [-0.2, 0) is 35.8 Å². The molecule has 0 spiro atoms. The van der Waals surface area contributed by atoms with Crippen molar-refractivity contribution in [1.29, 1.82) is 0 Å². The third kappa shape index (κ3) is 8.95. The normalized spacial score (nSPS) is 13.6. The minimum Gasteiger partial charge on any atom is -0.459 e. The lowest BCUT2D eigenvalue weighted by atomic mass is 9.78. The molecule has 38 heavy (non-hydrogen) atoms. The van der Waals surface area contributed by atoms with E-state index in [1.165, 1.54) is 12.3 Å². The topological polar surface area (TPSA) is 135 Å². The molecule has 210 valence electrons. The molecule has 0 radical (unpaired) electrons. The minimum absolute atomic E-state index is 0.110. The van der Waals surface area contributed by atoms with Gasteiger partial charge in [0.15, 0.2) is 5.69 Å². The van der Waals surface area contributed by atoms with Gasteiger partial charge in [-0.2, -0.15) is 5.10 Å². The lowest BCUT2D eigenvalue weighted by Crippen LogP contribution is -2.52. The smallest absolute Gasteiger partial charge is 0.361 e. The number of halogens is 2. The third-order valence-corrected chi connectivity index (χ3v) is 5.20. The van der Waals surface area contributed by atoms with Crippen molar-refractivity contribution < 1.29 is 33.0 Å². The first-order valence-electron chi connectivity index (χ1n) is 12.0. The van der Waals surface area contributed by atoms with Crippen LogP contribution in [0.5, 0.6) is 0 Å². The molecule has 0 aromatic carbocycles. The molecule has 0 saturated heterocycles. The van der Waals surface area contributed by atoms with Gasteiger partial charge in [-0.3, -0.25) is 9.59 Å². The number of nitrogens with zero attached hydrogens (tertiary/aromatic N) is 5. The second kappa shape index (κ2) is 11.6. The van der Waals surface area contributed by atoms with Gasteiger partial charge in [0.25, 0.3) is 0 Å². The van der Waals surface area contributed by atoms with Crippen molar-refractivity contribution in [2.24, 2.45) is 0 Å². The molecule has 0 aliphatic carbocycles. The van der Waals surface area contributed by atoms with E-state index in [-0.39, 0.29) is 11.4 Å². The number of esters is 3. The summed E-state index contributed by atoms with van der Waals surface area (Å²) in [6.45, 7) is 14.5. The molecule has 2 aromatic rings. The zero-order chi connectivity index (χ0) is 29.1. The van der Waals surface area contributed by atoms with Gasteiger partial charge in [0, 0.05) is 6.42 Å². The molecule has 0 fully saturated rings. The summed E-state index contributed by atoms with van der Waals surface area (Å²) in [5.74, 6) is -2.76. The van der Waals surface area contributed by atoms with Crippen LogP contribution in [0.1, 0.15) is 84.9 Å². The number of ether oxygens (including phenoxy) is 3. The second-order valence-electron chi connectivity index (χ2n) is 11.8. The highest BCUT2D eigenvalue weighted by atomic mass is 127. The summed E-state index contributed by atoms with van der Waals surface area (Å²) in [5.41, 5.74) is -5.25. The lowest BCUT2D eigenvalue weighted by Gasteiger charge is -2.34. The molecule has 0 N–H and O–H groups in total. The fourth-order valence-corrected chi connectivity index (χ4v) is 3.54. The van der Waals surface area contributed by atoms with Crippen molar-refractivity contribution in [3.63, 3.8) is 0 Å². The summed E-state index contributed by atoms with van der Waals surface area (Å²) in [6, 6.07) is 2.97. The number of rotatable bonds is 8. The molecule has 0 aliphatic heterocycles. The largest absolute Gasteiger partial charge is 0.459 e. The van der Waals surface area contributed by atoms with Crippen LogP contribution in [0, 0.1) is 3.70 Å². The fraction of sp³-hybridized carbons (Fsp3) is 0.640. The van der Waals surface area contributed by atoms with E-state index in [0.29, 0.717) is 3.70 Å². The maximum absolute atomic E-state index is 15.7. The lowest BCUT2D eigenvalue weighted by molar-refractivity contribution is -0.179. The van der Waals surface area contributed by atoms with Crippen molar-refractivity contribution >= 4 is 40.5 Å². The highest BCUT2D eigenvalue weighted by molar-refractivity contribution is 14.1. The van der Waals surface area contributed by atoms with E-state index in [9.17, 15) is 14.4 Å². The van der Waals surface area contributed by atoms with Gasteiger partial charge in [-0.25, -0.2) is 13.9 Å². The molecule has 11 nitrogen and oxygen atoms in total. The molecular weight excluding hydrogens is 612 g/mol. The number of alkyl halides is 1. The Kier molecular flexibility index (Phi) is 9.60. The summed E-state index contributed by atoms with van der Waals surface area (Å²) in [5, 5.41) is 15.6. The molecule has 0 amide bonds. The zero-order valence-electron chi connectivity index (χ0n) is 23.2. The van der Waals surface area contributed by atoms with Crippen molar-refractivity contribution in [2.75, 3.05) is 0 Å². The third-order valence-electron chi connectivity index (χ3n) is 4.62. The molecule has 0 bridgehead atoms. The van der Waals surface area contributed by atoms with Crippen LogP contribution in [0.3, 0.4) is 0 Å². The van der Waals surface area contributed by atoms with Crippen LogP contribution in [0.15, 0.2) is 18.3 Å². The highest BCUT2D eigenvalue weighted by Gasteiger charge is 2.55. The Labute approximate surface area is 235 Å². The maximum Gasteiger partial charge on any atom is 0.361 e.